The quantitative estimate of drug-likeness (QED) is 0.814. The summed E-state index contributed by atoms with van der Waals surface area (Å²) >= 11 is 5.90. The van der Waals surface area contributed by atoms with E-state index in [1.807, 2.05) is 6.92 Å². The highest BCUT2D eigenvalue weighted by Gasteiger charge is 2.05. The van der Waals surface area contributed by atoms with Gasteiger partial charge in [0.25, 0.3) is 0 Å². The lowest BCUT2D eigenvalue weighted by Gasteiger charge is -2.09. The number of hydrogen-bond donors (Lipinski definition) is 1. The molecule has 0 fully saturated rings. The topological polar surface area (TPSA) is 35.2 Å². The van der Waals surface area contributed by atoms with E-state index in [9.17, 15) is 4.39 Å². The van der Waals surface area contributed by atoms with Crippen molar-refractivity contribution in [3.8, 4) is 11.5 Å². The molecule has 4 heteroatoms. The second-order valence-corrected chi connectivity index (χ2v) is 4.10. The fourth-order valence-corrected chi connectivity index (χ4v) is 1.52. The normalized spacial score (nSPS) is 10.3. The maximum atomic E-state index is 13.0. The van der Waals surface area contributed by atoms with Gasteiger partial charge in [-0.2, -0.15) is 0 Å². The molecule has 0 aliphatic heterocycles. The van der Waals surface area contributed by atoms with Crippen LogP contribution in [0.25, 0.3) is 0 Å². The van der Waals surface area contributed by atoms with Gasteiger partial charge in [-0.3, -0.25) is 0 Å². The predicted molar refractivity (Wildman–Crippen MR) is 67.1 cm³/mol. The Hall–Kier alpha value is -1.74. The van der Waals surface area contributed by atoms with Crippen LogP contribution in [0.1, 0.15) is 5.56 Å². The average molecular weight is 252 g/mol. The number of nitrogens with two attached hydrogens (primary N) is 1. The largest absolute Gasteiger partial charge is 0.455 e. The Labute approximate surface area is 104 Å². The van der Waals surface area contributed by atoms with Crippen LogP contribution in [-0.4, -0.2) is 0 Å². The van der Waals surface area contributed by atoms with Gasteiger partial charge in [-0.1, -0.05) is 11.6 Å². The number of anilines is 1. The summed E-state index contributed by atoms with van der Waals surface area (Å²) in [5.41, 5.74) is 6.96. The van der Waals surface area contributed by atoms with E-state index in [1.165, 1.54) is 18.2 Å². The molecule has 0 aliphatic rings. The lowest BCUT2D eigenvalue weighted by Crippen LogP contribution is -1.93. The Balaban J connectivity index is 2.31. The highest BCUT2D eigenvalue weighted by Crippen LogP contribution is 2.30. The van der Waals surface area contributed by atoms with Crippen LogP contribution in [0.4, 0.5) is 10.1 Å². The molecule has 2 aromatic rings. The third-order valence-corrected chi connectivity index (χ3v) is 2.76. The SMILES string of the molecule is Cc1cc(Oc2cc(F)ccc2N)ccc1Cl. The molecule has 0 atom stereocenters. The molecule has 88 valence electrons. The van der Waals surface area contributed by atoms with Crippen molar-refractivity contribution in [1.29, 1.82) is 0 Å². The fourth-order valence-electron chi connectivity index (χ4n) is 1.40. The minimum absolute atomic E-state index is 0.298. The third-order valence-electron chi connectivity index (χ3n) is 2.33. The van der Waals surface area contributed by atoms with Crippen molar-refractivity contribution in [3.05, 3.63) is 52.8 Å². The molecule has 0 radical (unpaired) electrons. The minimum Gasteiger partial charge on any atom is -0.455 e. The first-order valence-corrected chi connectivity index (χ1v) is 5.43. The predicted octanol–water partition coefficient (Wildman–Crippen LogP) is 4.16. The van der Waals surface area contributed by atoms with Crippen molar-refractivity contribution in [2.45, 2.75) is 6.92 Å². The summed E-state index contributed by atoms with van der Waals surface area (Å²) < 4.78 is 18.5. The highest BCUT2D eigenvalue weighted by atomic mass is 35.5. The molecular weight excluding hydrogens is 241 g/mol. The van der Waals surface area contributed by atoms with Crippen molar-refractivity contribution in [1.82, 2.24) is 0 Å². The molecule has 2 rings (SSSR count). The van der Waals surface area contributed by atoms with Crippen molar-refractivity contribution in [3.63, 3.8) is 0 Å². The zero-order valence-electron chi connectivity index (χ0n) is 9.21. The number of rotatable bonds is 2. The monoisotopic (exact) mass is 251 g/mol. The average Bonchev–Trinajstić information content (AvgIpc) is 2.29. The zero-order chi connectivity index (χ0) is 12.4. The lowest BCUT2D eigenvalue weighted by atomic mass is 10.2. The summed E-state index contributed by atoms with van der Waals surface area (Å²) in [7, 11) is 0. The van der Waals surface area contributed by atoms with Gasteiger partial charge in [0.15, 0.2) is 5.75 Å². The molecule has 0 unspecified atom stereocenters. The highest BCUT2D eigenvalue weighted by molar-refractivity contribution is 6.31. The summed E-state index contributed by atoms with van der Waals surface area (Å²) in [5.74, 6) is 0.482. The van der Waals surface area contributed by atoms with E-state index in [0.717, 1.165) is 5.56 Å². The van der Waals surface area contributed by atoms with Crippen LogP contribution in [0.2, 0.25) is 5.02 Å². The Morgan fingerprint density at radius 1 is 1.18 bits per heavy atom. The molecule has 0 saturated heterocycles. The molecular formula is C13H11ClFNO. The maximum absolute atomic E-state index is 13.0. The van der Waals surface area contributed by atoms with Crippen molar-refractivity contribution in [2.75, 3.05) is 5.73 Å². The molecule has 0 heterocycles. The fraction of sp³-hybridized carbons (Fsp3) is 0.0769. The van der Waals surface area contributed by atoms with Gasteiger partial charge in [0.1, 0.15) is 11.6 Å². The molecule has 0 aliphatic carbocycles. The zero-order valence-corrected chi connectivity index (χ0v) is 9.96. The number of aryl methyl sites for hydroxylation is 1. The summed E-state index contributed by atoms with van der Waals surface area (Å²) in [5, 5.41) is 0.657. The summed E-state index contributed by atoms with van der Waals surface area (Å²) in [6.07, 6.45) is 0. The molecule has 17 heavy (non-hydrogen) atoms. The van der Waals surface area contributed by atoms with Gasteiger partial charge < -0.3 is 10.5 Å². The molecule has 2 aromatic carbocycles. The summed E-state index contributed by atoms with van der Waals surface area (Å²) in [6.45, 7) is 1.87. The number of hydrogen-bond acceptors (Lipinski definition) is 2. The van der Waals surface area contributed by atoms with E-state index in [0.29, 0.717) is 22.2 Å². The Morgan fingerprint density at radius 2 is 1.94 bits per heavy atom. The van der Waals surface area contributed by atoms with Gasteiger partial charge in [0.05, 0.1) is 5.69 Å². The number of benzene rings is 2. The molecule has 2 N–H and O–H groups in total. The van der Waals surface area contributed by atoms with E-state index >= 15 is 0 Å². The van der Waals surface area contributed by atoms with E-state index in [-0.39, 0.29) is 5.82 Å². The Kier molecular flexibility index (Phi) is 3.20. The van der Waals surface area contributed by atoms with E-state index in [1.54, 1.807) is 18.2 Å². The Morgan fingerprint density at radius 3 is 2.65 bits per heavy atom. The van der Waals surface area contributed by atoms with E-state index in [4.69, 9.17) is 22.1 Å². The van der Waals surface area contributed by atoms with Crippen LogP contribution < -0.4 is 10.5 Å². The van der Waals surface area contributed by atoms with Gasteiger partial charge in [-0.15, -0.1) is 0 Å². The van der Waals surface area contributed by atoms with Crippen LogP contribution in [0, 0.1) is 12.7 Å². The number of halogens is 2. The Bertz CT molecular complexity index is 557. The van der Waals surface area contributed by atoms with Crippen molar-refractivity contribution in [2.24, 2.45) is 0 Å². The van der Waals surface area contributed by atoms with Crippen LogP contribution in [0.15, 0.2) is 36.4 Å². The summed E-state index contributed by atoms with van der Waals surface area (Å²) in [4.78, 5) is 0. The van der Waals surface area contributed by atoms with Gasteiger partial charge in [0.2, 0.25) is 0 Å². The standard InChI is InChI=1S/C13H11ClFNO/c1-8-6-10(3-4-11(8)14)17-13-7-9(15)2-5-12(13)16/h2-7H,16H2,1H3. The summed E-state index contributed by atoms with van der Waals surface area (Å²) in [6, 6.07) is 9.20. The smallest absolute Gasteiger partial charge is 0.153 e. The molecule has 2 nitrogen and oxygen atoms in total. The van der Waals surface area contributed by atoms with Gasteiger partial charge in [-0.25, -0.2) is 4.39 Å². The number of nitrogen functional groups attached to an aromatic ring is 1. The van der Waals surface area contributed by atoms with Gasteiger partial charge in [-0.05, 0) is 42.8 Å². The van der Waals surface area contributed by atoms with Crippen molar-refractivity contribution < 1.29 is 9.13 Å². The molecule has 0 aromatic heterocycles. The van der Waals surface area contributed by atoms with Crippen molar-refractivity contribution >= 4 is 17.3 Å². The van der Waals surface area contributed by atoms with Crippen LogP contribution in [-0.2, 0) is 0 Å². The van der Waals surface area contributed by atoms with Crippen LogP contribution >= 0.6 is 11.6 Å². The first kappa shape index (κ1) is 11.7. The number of ether oxygens (including phenoxy) is 1. The van der Waals surface area contributed by atoms with Gasteiger partial charge >= 0.3 is 0 Å². The molecule has 0 amide bonds. The van der Waals surface area contributed by atoms with E-state index < -0.39 is 0 Å². The minimum atomic E-state index is -0.389. The third kappa shape index (κ3) is 2.68. The van der Waals surface area contributed by atoms with E-state index in [2.05, 4.69) is 0 Å². The van der Waals surface area contributed by atoms with Gasteiger partial charge in [0, 0.05) is 11.1 Å². The molecule has 0 saturated carbocycles. The second-order valence-electron chi connectivity index (χ2n) is 3.70. The maximum Gasteiger partial charge on any atom is 0.153 e. The molecule has 0 bridgehead atoms. The van der Waals surface area contributed by atoms with Crippen LogP contribution in [0.3, 0.4) is 0 Å². The molecule has 0 spiro atoms. The first-order chi connectivity index (χ1) is 8.06. The van der Waals surface area contributed by atoms with Crippen LogP contribution in [0.5, 0.6) is 11.5 Å². The first-order valence-electron chi connectivity index (χ1n) is 5.05. The lowest BCUT2D eigenvalue weighted by molar-refractivity contribution is 0.479. The second kappa shape index (κ2) is 4.63.